The number of carbonyl (C=O) groups is 2. The number of hydrogen-bond acceptors (Lipinski definition) is 4. The monoisotopic (exact) mass is 388 g/mol. The molecule has 0 aliphatic carbocycles. The molecule has 1 atom stereocenters. The van der Waals surface area contributed by atoms with Crippen molar-refractivity contribution in [2.75, 3.05) is 11.3 Å². The Morgan fingerprint density at radius 2 is 1.78 bits per heavy atom. The van der Waals surface area contributed by atoms with Crippen molar-refractivity contribution in [1.29, 1.82) is 0 Å². The van der Waals surface area contributed by atoms with Gasteiger partial charge in [-0.3, -0.25) is 9.52 Å². The van der Waals surface area contributed by atoms with Gasteiger partial charge in [-0.1, -0.05) is 18.2 Å². The lowest BCUT2D eigenvalue weighted by Crippen LogP contribution is -2.40. The van der Waals surface area contributed by atoms with Crippen LogP contribution in [0, 0.1) is 6.92 Å². The Bertz CT molecular complexity index is 970. The van der Waals surface area contributed by atoms with E-state index in [2.05, 4.69) is 4.72 Å². The lowest BCUT2D eigenvalue weighted by Gasteiger charge is -2.21. The highest BCUT2D eigenvalue weighted by Gasteiger charge is 2.34. The van der Waals surface area contributed by atoms with Gasteiger partial charge in [-0.2, -0.15) is 0 Å². The topological polar surface area (TPSA) is 104 Å². The van der Waals surface area contributed by atoms with Gasteiger partial charge < -0.3 is 10.0 Å². The Morgan fingerprint density at radius 1 is 1.11 bits per heavy atom. The van der Waals surface area contributed by atoms with Crippen LogP contribution >= 0.6 is 0 Å². The highest BCUT2D eigenvalue weighted by atomic mass is 32.2. The summed E-state index contributed by atoms with van der Waals surface area (Å²) >= 11 is 0. The third-order valence-corrected chi connectivity index (χ3v) is 5.98. The quantitative estimate of drug-likeness (QED) is 0.819. The minimum Gasteiger partial charge on any atom is -0.480 e. The second-order valence-corrected chi connectivity index (χ2v) is 8.12. The third kappa shape index (κ3) is 3.95. The van der Waals surface area contributed by atoms with Crippen molar-refractivity contribution in [1.82, 2.24) is 4.90 Å². The highest BCUT2D eigenvalue weighted by Crippen LogP contribution is 2.23. The van der Waals surface area contributed by atoms with E-state index in [1.54, 1.807) is 25.1 Å². The molecule has 0 saturated carbocycles. The zero-order valence-corrected chi connectivity index (χ0v) is 15.6. The number of hydrogen-bond donors (Lipinski definition) is 2. The number of aliphatic carboxylic acids is 1. The van der Waals surface area contributed by atoms with E-state index in [9.17, 15) is 23.1 Å². The summed E-state index contributed by atoms with van der Waals surface area (Å²) in [6.07, 6.45) is 1.06. The number of benzene rings is 2. The fraction of sp³-hybridized carbons (Fsp3) is 0.263. The zero-order chi connectivity index (χ0) is 19.6. The minimum absolute atomic E-state index is 0.0264. The molecule has 1 fully saturated rings. The molecule has 0 radical (unpaired) electrons. The van der Waals surface area contributed by atoms with Crippen LogP contribution in [0.2, 0.25) is 0 Å². The van der Waals surface area contributed by atoms with Crippen molar-refractivity contribution in [2.45, 2.75) is 30.7 Å². The summed E-state index contributed by atoms with van der Waals surface area (Å²) < 4.78 is 27.6. The fourth-order valence-corrected chi connectivity index (χ4v) is 4.23. The molecule has 1 amide bonds. The summed E-state index contributed by atoms with van der Waals surface area (Å²) in [6.45, 7) is 2.18. The summed E-state index contributed by atoms with van der Waals surface area (Å²) in [5.41, 5.74) is 1.54. The van der Waals surface area contributed by atoms with E-state index in [1.807, 2.05) is 6.07 Å². The van der Waals surface area contributed by atoms with Gasteiger partial charge in [-0.25, -0.2) is 13.2 Å². The van der Waals surface area contributed by atoms with E-state index in [0.29, 0.717) is 25.1 Å². The standard InChI is InChI=1S/C19H20N2O5S/c1-13-5-2-3-6-16(13)20-27(25,26)15-10-8-14(9-11-15)18(22)21-12-4-7-17(21)19(23)24/h2-3,5-6,8-11,17,20H,4,7,12H2,1H3,(H,23,24)/t17-/m0/s1. The predicted octanol–water partition coefficient (Wildman–Crippen LogP) is 2.49. The molecule has 3 rings (SSSR count). The highest BCUT2D eigenvalue weighted by molar-refractivity contribution is 7.92. The number of para-hydroxylation sites is 1. The first-order valence-electron chi connectivity index (χ1n) is 8.52. The third-order valence-electron chi connectivity index (χ3n) is 4.60. The van der Waals surface area contributed by atoms with E-state index < -0.39 is 27.9 Å². The number of aryl methyl sites for hydroxylation is 1. The van der Waals surface area contributed by atoms with Gasteiger partial charge in [0.2, 0.25) is 0 Å². The van der Waals surface area contributed by atoms with Crippen LogP contribution in [-0.2, 0) is 14.8 Å². The Morgan fingerprint density at radius 3 is 2.41 bits per heavy atom. The minimum atomic E-state index is -3.79. The van der Waals surface area contributed by atoms with Crippen molar-refractivity contribution in [2.24, 2.45) is 0 Å². The van der Waals surface area contributed by atoms with Gasteiger partial charge in [0.05, 0.1) is 10.6 Å². The Labute approximate surface area is 157 Å². The maximum Gasteiger partial charge on any atom is 0.326 e. The second-order valence-electron chi connectivity index (χ2n) is 6.44. The Kier molecular flexibility index (Phi) is 5.18. The van der Waals surface area contributed by atoms with E-state index in [1.165, 1.54) is 29.2 Å². The predicted molar refractivity (Wildman–Crippen MR) is 100 cm³/mol. The molecule has 7 nitrogen and oxygen atoms in total. The van der Waals surface area contributed by atoms with E-state index in [4.69, 9.17) is 0 Å². The molecule has 8 heteroatoms. The van der Waals surface area contributed by atoms with E-state index in [-0.39, 0.29) is 10.5 Å². The SMILES string of the molecule is Cc1ccccc1NS(=O)(=O)c1ccc(C(=O)N2CCC[C@H]2C(=O)O)cc1. The summed E-state index contributed by atoms with van der Waals surface area (Å²) in [5.74, 6) is -1.43. The van der Waals surface area contributed by atoms with Crippen LogP contribution < -0.4 is 4.72 Å². The number of sulfonamides is 1. The molecule has 1 aliphatic heterocycles. The van der Waals surface area contributed by atoms with Crippen molar-refractivity contribution < 1.29 is 23.1 Å². The molecule has 27 heavy (non-hydrogen) atoms. The lowest BCUT2D eigenvalue weighted by atomic mass is 10.1. The smallest absolute Gasteiger partial charge is 0.326 e. The molecule has 1 saturated heterocycles. The normalized spacial score (nSPS) is 16.9. The first kappa shape index (κ1) is 18.9. The second kappa shape index (κ2) is 7.40. The summed E-state index contributed by atoms with van der Waals surface area (Å²) in [6, 6.07) is 11.7. The van der Waals surface area contributed by atoms with Crippen LogP contribution in [0.5, 0.6) is 0 Å². The number of nitrogens with one attached hydrogen (secondary N) is 1. The number of anilines is 1. The summed E-state index contributed by atoms with van der Waals surface area (Å²) in [7, 11) is -3.79. The van der Waals surface area contributed by atoms with Gasteiger partial charge in [0.25, 0.3) is 15.9 Å². The van der Waals surface area contributed by atoms with Crippen molar-refractivity contribution >= 4 is 27.6 Å². The zero-order valence-electron chi connectivity index (χ0n) is 14.8. The first-order chi connectivity index (χ1) is 12.8. The molecular weight excluding hydrogens is 368 g/mol. The van der Waals surface area contributed by atoms with Crippen LogP contribution in [0.1, 0.15) is 28.8 Å². The van der Waals surface area contributed by atoms with Gasteiger partial charge in [-0.15, -0.1) is 0 Å². The number of rotatable bonds is 5. The van der Waals surface area contributed by atoms with Crippen LogP contribution in [-0.4, -0.2) is 42.9 Å². The van der Waals surface area contributed by atoms with Crippen LogP contribution in [0.4, 0.5) is 5.69 Å². The fourth-order valence-electron chi connectivity index (χ4n) is 3.10. The Hall–Kier alpha value is -2.87. The van der Waals surface area contributed by atoms with Crippen LogP contribution in [0.15, 0.2) is 53.4 Å². The number of nitrogens with zero attached hydrogens (tertiary/aromatic N) is 1. The summed E-state index contributed by atoms with van der Waals surface area (Å²) in [5, 5.41) is 9.21. The summed E-state index contributed by atoms with van der Waals surface area (Å²) in [4.78, 5) is 25.2. The van der Waals surface area contributed by atoms with Gasteiger partial charge in [0.1, 0.15) is 6.04 Å². The van der Waals surface area contributed by atoms with Crippen molar-refractivity contribution in [3.8, 4) is 0 Å². The largest absolute Gasteiger partial charge is 0.480 e. The van der Waals surface area contributed by atoms with Crippen molar-refractivity contribution in [3.05, 3.63) is 59.7 Å². The van der Waals surface area contributed by atoms with E-state index in [0.717, 1.165) is 5.56 Å². The first-order valence-corrected chi connectivity index (χ1v) is 10.0. The maximum atomic E-state index is 12.6. The molecular formula is C19H20N2O5S. The average Bonchev–Trinajstić information content (AvgIpc) is 3.13. The number of carboxylic acids is 1. The maximum absolute atomic E-state index is 12.6. The molecule has 0 spiro atoms. The molecule has 1 heterocycles. The van der Waals surface area contributed by atoms with Crippen molar-refractivity contribution in [3.63, 3.8) is 0 Å². The van der Waals surface area contributed by atoms with Crippen LogP contribution in [0.3, 0.4) is 0 Å². The molecule has 142 valence electrons. The molecule has 0 unspecified atom stereocenters. The molecule has 1 aliphatic rings. The number of likely N-dealkylation sites (tertiary alicyclic amines) is 1. The number of carbonyl (C=O) groups excluding carboxylic acids is 1. The number of amides is 1. The number of carboxylic acid groups (broad SMARTS) is 1. The molecule has 2 aromatic rings. The van der Waals surface area contributed by atoms with E-state index >= 15 is 0 Å². The van der Waals surface area contributed by atoms with Gasteiger partial charge in [-0.05, 0) is 55.7 Å². The average molecular weight is 388 g/mol. The Balaban J connectivity index is 1.79. The molecule has 2 aromatic carbocycles. The van der Waals surface area contributed by atoms with Crippen LogP contribution in [0.25, 0.3) is 0 Å². The van der Waals surface area contributed by atoms with Gasteiger partial charge in [0.15, 0.2) is 0 Å². The lowest BCUT2D eigenvalue weighted by molar-refractivity contribution is -0.141. The molecule has 2 N–H and O–H groups in total. The van der Waals surface area contributed by atoms with Gasteiger partial charge >= 0.3 is 5.97 Å². The molecule has 0 bridgehead atoms. The van der Waals surface area contributed by atoms with Gasteiger partial charge in [0, 0.05) is 12.1 Å². The molecule has 0 aromatic heterocycles.